The first-order valence-corrected chi connectivity index (χ1v) is 6.35. The second kappa shape index (κ2) is 5.89. The number of hydrogen-bond acceptors (Lipinski definition) is 3. The summed E-state index contributed by atoms with van der Waals surface area (Å²) in [6.45, 7) is 2.36. The number of nitrogens with zero attached hydrogens (tertiary/aromatic N) is 2. The zero-order valence-electron chi connectivity index (χ0n) is 10.9. The molecule has 0 saturated heterocycles. The fraction of sp³-hybridized carbons (Fsp3) is 0.286. The predicted molar refractivity (Wildman–Crippen MR) is 74.9 cm³/mol. The summed E-state index contributed by atoms with van der Waals surface area (Å²) in [7, 11) is 1.64. The lowest BCUT2D eigenvalue weighted by atomic mass is 10.1. The highest BCUT2D eigenvalue weighted by molar-refractivity contribution is 6.29. The summed E-state index contributed by atoms with van der Waals surface area (Å²) in [6.07, 6.45) is 0.758. The van der Waals surface area contributed by atoms with Crippen LogP contribution in [0.25, 0.3) is 0 Å². The van der Waals surface area contributed by atoms with Crippen molar-refractivity contribution in [3.05, 3.63) is 57.2 Å². The highest BCUT2D eigenvalue weighted by atomic mass is 35.5. The van der Waals surface area contributed by atoms with E-state index in [-0.39, 0.29) is 10.7 Å². The van der Waals surface area contributed by atoms with Gasteiger partial charge >= 0.3 is 0 Å². The smallest absolute Gasteiger partial charge is 0.254 e. The molecular formula is C14H15ClN2O2. The van der Waals surface area contributed by atoms with Crippen molar-refractivity contribution in [1.82, 2.24) is 9.55 Å². The van der Waals surface area contributed by atoms with Gasteiger partial charge in [-0.2, -0.15) is 0 Å². The molecule has 0 bridgehead atoms. The first kappa shape index (κ1) is 13.6. The standard InChI is InChI=1S/C14H15ClN2O2/c1-10-16-13(15)9-14(18)17(10)8-7-11-3-5-12(19-2)6-4-11/h3-6,9H,7-8H2,1-2H3. The van der Waals surface area contributed by atoms with Gasteiger partial charge in [0.15, 0.2) is 0 Å². The van der Waals surface area contributed by atoms with Gasteiger partial charge in [0.1, 0.15) is 16.7 Å². The molecule has 0 aliphatic heterocycles. The number of halogens is 1. The van der Waals surface area contributed by atoms with E-state index in [9.17, 15) is 4.79 Å². The Hall–Kier alpha value is -1.81. The summed E-state index contributed by atoms with van der Waals surface area (Å²) in [4.78, 5) is 15.9. The van der Waals surface area contributed by atoms with Gasteiger partial charge in [0.05, 0.1) is 7.11 Å². The molecular weight excluding hydrogens is 264 g/mol. The van der Waals surface area contributed by atoms with Crippen molar-refractivity contribution in [2.24, 2.45) is 0 Å². The Morgan fingerprint density at radius 3 is 2.58 bits per heavy atom. The Kier molecular flexibility index (Phi) is 4.22. The van der Waals surface area contributed by atoms with Gasteiger partial charge in [-0.25, -0.2) is 4.98 Å². The van der Waals surface area contributed by atoms with Crippen molar-refractivity contribution in [3.63, 3.8) is 0 Å². The van der Waals surface area contributed by atoms with Crippen LogP contribution in [0.2, 0.25) is 5.15 Å². The molecule has 0 aliphatic rings. The lowest BCUT2D eigenvalue weighted by molar-refractivity contribution is 0.414. The SMILES string of the molecule is COc1ccc(CCn2c(C)nc(Cl)cc2=O)cc1. The fourth-order valence-corrected chi connectivity index (χ4v) is 2.11. The van der Waals surface area contributed by atoms with E-state index >= 15 is 0 Å². The molecule has 19 heavy (non-hydrogen) atoms. The van der Waals surface area contributed by atoms with Gasteiger partial charge < -0.3 is 4.74 Å². The third-order valence-electron chi connectivity index (χ3n) is 2.95. The van der Waals surface area contributed by atoms with Crippen molar-refractivity contribution in [2.45, 2.75) is 19.9 Å². The molecule has 2 rings (SSSR count). The van der Waals surface area contributed by atoms with Crippen LogP contribution in [0.4, 0.5) is 0 Å². The van der Waals surface area contributed by atoms with E-state index in [1.807, 2.05) is 24.3 Å². The molecule has 5 heteroatoms. The summed E-state index contributed by atoms with van der Waals surface area (Å²) in [5.41, 5.74) is 1.02. The number of aromatic nitrogens is 2. The van der Waals surface area contributed by atoms with Gasteiger partial charge in [0, 0.05) is 12.6 Å². The molecule has 4 nitrogen and oxygen atoms in total. The van der Waals surface area contributed by atoms with Gasteiger partial charge in [-0.3, -0.25) is 9.36 Å². The van der Waals surface area contributed by atoms with Crippen molar-refractivity contribution >= 4 is 11.6 Å². The number of benzene rings is 1. The Labute approximate surface area is 116 Å². The van der Waals surface area contributed by atoms with Crippen molar-refractivity contribution in [3.8, 4) is 5.75 Å². The molecule has 0 radical (unpaired) electrons. The van der Waals surface area contributed by atoms with Crippen LogP contribution in [0.5, 0.6) is 5.75 Å². The first-order valence-electron chi connectivity index (χ1n) is 5.97. The Balaban J connectivity index is 2.12. The zero-order chi connectivity index (χ0) is 13.8. The van der Waals surface area contributed by atoms with Crippen LogP contribution >= 0.6 is 11.6 Å². The van der Waals surface area contributed by atoms with Crippen LogP contribution in [0.15, 0.2) is 35.1 Å². The van der Waals surface area contributed by atoms with Crippen molar-refractivity contribution in [1.29, 1.82) is 0 Å². The number of aryl methyl sites for hydroxylation is 2. The topological polar surface area (TPSA) is 44.1 Å². The summed E-state index contributed by atoms with van der Waals surface area (Å²) in [5.74, 6) is 1.45. The number of hydrogen-bond donors (Lipinski definition) is 0. The van der Waals surface area contributed by atoms with Gasteiger partial charge in [-0.05, 0) is 31.0 Å². The Morgan fingerprint density at radius 2 is 2.00 bits per heavy atom. The summed E-state index contributed by atoms with van der Waals surface area (Å²) < 4.78 is 6.72. The largest absolute Gasteiger partial charge is 0.497 e. The Bertz CT molecular complexity index is 620. The molecule has 0 fully saturated rings. The molecule has 0 aliphatic carbocycles. The first-order chi connectivity index (χ1) is 9.10. The second-order valence-corrected chi connectivity index (χ2v) is 4.60. The van der Waals surface area contributed by atoms with E-state index in [1.54, 1.807) is 18.6 Å². The molecule has 0 saturated carbocycles. The van der Waals surface area contributed by atoms with Gasteiger partial charge in [-0.1, -0.05) is 23.7 Å². The van der Waals surface area contributed by atoms with E-state index in [1.165, 1.54) is 6.07 Å². The third-order valence-corrected chi connectivity index (χ3v) is 3.14. The summed E-state index contributed by atoms with van der Waals surface area (Å²) in [6, 6.07) is 9.13. The van der Waals surface area contributed by atoms with Gasteiger partial charge in [0.2, 0.25) is 0 Å². The average molecular weight is 279 g/mol. The summed E-state index contributed by atoms with van der Waals surface area (Å²) >= 11 is 5.73. The monoisotopic (exact) mass is 278 g/mol. The quantitative estimate of drug-likeness (QED) is 0.807. The van der Waals surface area contributed by atoms with E-state index in [0.717, 1.165) is 17.7 Å². The van der Waals surface area contributed by atoms with E-state index in [2.05, 4.69) is 4.98 Å². The minimum Gasteiger partial charge on any atom is -0.497 e. The fourth-order valence-electron chi connectivity index (χ4n) is 1.89. The number of methoxy groups -OCH3 is 1. The third kappa shape index (κ3) is 3.35. The molecule has 100 valence electrons. The molecule has 2 aromatic rings. The van der Waals surface area contributed by atoms with Crippen LogP contribution in [0, 0.1) is 6.92 Å². The van der Waals surface area contributed by atoms with Crippen LogP contribution in [-0.2, 0) is 13.0 Å². The van der Waals surface area contributed by atoms with Gasteiger partial charge in [-0.15, -0.1) is 0 Å². The van der Waals surface area contributed by atoms with E-state index in [4.69, 9.17) is 16.3 Å². The molecule has 1 aromatic heterocycles. The highest BCUT2D eigenvalue weighted by Gasteiger charge is 2.04. The van der Waals surface area contributed by atoms with Crippen molar-refractivity contribution < 1.29 is 4.74 Å². The normalized spacial score (nSPS) is 10.5. The molecule has 0 amide bonds. The zero-order valence-corrected chi connectivity index (χ0v) is 11.6. The summed E-state index contributed by atoms with van der Waals surface area (Å²) in [5, 5.41) is 0.239. The minimum absolute atomic E-state index is 0.119. The maximum Gasteiger partial charge on any atom is 0.254 e. The van der Waals surface area contributed by atoms with E-state index < -0.39 is 0 Å². The molecule has 0 unspecified atom stereocenters. The maximum absolute atomic E-state index is 11.8. The van der Waals surface area contributed by atoms with Crippen LogP contribution in [0.3, 0.4) is 0 Å². The van der Waals surface area contributed by atoms with E-state index in [0.29, 0.717) is 12.4 Å². The second-order valence-electron chi connectivity index (χ2n) is 4.21. The minimum atomic E-state index is -0.119. The number of ether oxygens (including phenoxy) is 1. The molecule has 0 atom stereocenters. The maximum atomic E-state index is 11.8. The Morgan fingerprint density at radius 1 is 1.32 bits per heavy atom. The lowest BCUT2D eigenvalue weighted by Gasteiger charge is -2.09. The molecule has 1 heterocycles. The molecule has 0 N–H and O–H groups in total. The number of rotatable bonds is 4. The molecule has 0 spiro atoms. The predicted octanol–water partition coefficient (Wildman–Crippen LogP) is 2.46. The highest BCUT2D eigenvalue weighted by Crippen LogP contribution is 2.12. The van der Waals surface area contributed by atoms with Crippen LogP contribution < -0.4 is 10.3 Å². The van der Waals surface area contributed by atoms with Crippen LogP contribution in [-0.4, -0.2) is 16.7 Å². The van der Waals surface area contributed by atoms with Crippen LogP contribution in [0.1, 0.15) is 11.4 Å². The molecule has 1 aromatic carbocycles. The van der Waals surface area contributed by atoms with Crippen molar-refractivity contribution in [2.75, 3.05) is 7.11 Å². The average Bonchev–Trinajstić information content (AvgIpc) is 2.38. The lowest BCUT2D eigenvalue weighted by Crippen LogP contribution is -2.23. The van der Waals surface area contributed by atoms with Gasteiger partial charge in [0.25, 0.3) is 5.56 Å².